The number of ether oxygens (including phenoxy) is 1. The zero-order valence-electron chi connectivity index (χ0n) is 9.71. The second kappa shape index (κ2) is 4.66. The first-order chi connectivity index (χ1) is 8.85. The SMILES string of the molecule is COc1ccc2nc(NCc3ccno3)sc2c1. The second-order valence-electron chi connectivity index (χ2n) is 3.68. The van der Waals surface area contributed by atoms with Crippen LogP contribution in [0.2, 0.25) is 0 Å². The van der Waals surface area contributed by atoms with Crippen LogP contribution in [0.15, 0.2) is 35.0 Å². The predicted molar refractivity (Wildman–Crippen MR) is 70.0 cm³/mol. The molecule has 0 atom stereocenters. The maximum Gasteiger partial charge on any atom is 0.184 e. The highest BCUT2D eigenvalue weighted by atomic mass is 32.1. The van der Waals surface area contributed by atoms with Crippen LogP contribution in [-0.4, -0.2) is 17.3 Å². The van der Waals surface area contributed by atoms with Gasteiger partial charge >= 0.3 is 0 Å². The molecular weight excluding hydrogens is 250 g/mol. The van der Waals surface area contributed by atoms with E-state index >= 15 is 0 Å². The number of fused-ring (bicyclic) bond motifs is 1. The van der Waals surface area contributed by atoms with Gasteiger partial charge in [-0.15, -0.1) is 0 Å². The third-order valence-electron chi connectivity index (χ3n) is 2.50. The molecule has 18 heavy (non-hydrogen) atoms. The summed E-state index contributed by atoms with van der Waals surface area (Å²) in [7, 11) is 1.66. The average molecular weight is 261 g/mol. The molecule has 2 heterocycles. The molecule has 92 valence electrons. The van der Waals surface area contributed by atoms with Crippen LogP contribution in [0.1, 0.15) is 5.76 Å². The molecule has 0 fully saturated rings. The van der Waals surface area contributed by atoms with Crippen molar-refractivity contribution in [1.82, 2.24) is 10.1 Å². The smallest absolute Gasteiger partial charge is 0.184 e. The van der Waals surface area contributed by atoms with Gasteiger partial charge in [0.2, 0.25) is 0 Å². The average Bonchev–Trinajstić information content (AvgIpc) is 3.04. The minimum absolute atomic E-state index is 0.580. The normalized spacial score (nSPS) is 10.7. The molecule has 0 aliphatic rings. The van der Waals surface area contributed by atoms with Crippen molar-refractivity contribution in [3.8, 4) is 5.75 Å². The van der Waals surface area contributed by atoms with Gasteiger partial charge in [0.1, 0.15) is 5.75 Å². The van der Waals surface area contributed by atoms with Gasteiger partial charge in [0.25, 0.3) is 0 Å². The van der Waals surface area contributed by atoms with Crippen molar-refractivity contribution in [3.05, 3.63) is 36.2 Å². The molecule has 0 saturated heterocycles. The zero-order chi connectivity index (χ0) is 12.4. The maximum atomic E-state index is 5.19. The summed E-state index contributed by atoms with van der Waals surface area (Å²) in [6, 6.07) is 7.66. The molecule has 0 amide bonds. The largest absolute Gasteiger partial charge is 0.497 e. The Kier molecular flexibility index (Phi) is 2.85. The van der Waals surface area contributed by atoms with Gasteiger partial charge in [0.15, 0.2) is 10.9 Å². The zero-order valence-corrected chi connectivity index (χ0v) is 10.5. The number of anilines is 1. The quantitative estimate of drug-likeness (QED) is 0.782. The molecule has 0 aliphatic heterocycles. The van der Waals surface area contributed by atoms with Crippen LogP contribution in [0.4, 0.5) is 5.13 Å². The minimum Gasteiger partial charge on any atom is -0.497 e. The van der Waals surface area contributed by atoms with Crippen molar-refractivity contribution < 1.29 is 9.26 Å². The van der Waals surface area contributed by atoms with Crippen molar-refractivity contribution in [2.24, 2.45) is 0 Å². The van der Waals surface area contributed by atoms with E-state index in [1.54, 1.807) is 24.6 Å². The molecule has 3 rings (SSSR count). The Morgan fingerprint density at radius 3 is 3.11 bits per heavy atom. The molecule has 0 radical (unpaired) electrons. The summed E-state index contributed by atoms with van der Waals surface area (Å²) < 4.78 is 11.3. The highest BCUT2D eigenvalue weighted by Crippen LogP contribution is 2.29. The van der Waals surface area contributed by atoms with E-state index < -0.39 is 0 Å². The van der Waals surface area contributed by atoms with Gasteiger partial charge < -0.3 is 14.6 Å². The van der Waals surface area contributed by atoms with Crippen molar-refractivity contribution >= 4 is 26.7 Å². The Morgan fingerprint density at radius 1 is 1.39 bits per heavy atom. The topological polar surface area (TPSA) is 60.2 Å². The summed E-state index contributed by atoms with van der Waals surface area (Å²) in [5.74, 6) is 1.62. The van der Waals surface area contributed by atoms with E-state index in [9.17, 15) is 0 Å². The summed E-state index contributed by atoms with van der Waals surface area (Å²) in [5.41, 5.74) is 0.959. The number of hydrogen-bond acceptors (Lipinski definition) is 6. The molecule has 5 nitrogen and oxygen atoms in total. The lowest BCUT2D eigenvalue weighted by molar-refractivity contribution is 0.388. The maximum absolute atomic E-state index is 5.19. The molecule has 0 unspecified atom stereocenters. The van der Waals surface area contributed by atoms with Gasteiger partial charge in [-0.2, -0.15) is 0 Å². The van der Waals surface area contributed by atoms with E-state index in [1.807, 2.05) is 24.3 Å². The van der Waals surface area contributed by atoms with Gasteiger partial charge in [0, 0.05) is 6.07 Å². The number of nitrogens with one attached hydrogen (secondary N) is 1. The number of hydrogen-bond donors (Lipinski definition) is 1. The number of nitrogens with zero attached hydrogens (tertiary/aromatic N) is 2. The standard InChI is InChI=1S/C12H11N3O2S/c1-16-8-2-3-10-11(6-8)18-12(15-10)13-7-9-4-5-14-17-9/h2-6H,7H2,1H3,(H,13,15). The molecule has 3 aromatic rings. The third-order valence-corrected chi connectivity index (χ3v) is 3.48. The summed E-state index contributed by atoms with van der Waals surface area (Å²) >= 11 is 1.58. The summed E-state index contributed by atoms with van der Waals surface area (Å²) in [5, 5.41) is 7.71. The highest BCUT2D eigenvalue weighted by molar-refractivity contribution is 7.22. The van der Waals surface area contributed by atoms with Crippen LogP contribution in [0.3, 0.4) is 0 Å². The first-order valence-electron chi connectivity index (χ1n) is 5.43. The van der Waals surface area contributed by atoms with E-state index in [0.29, 0.717) is 6.54 Å². The lowest BCUT2D eigenvalue weighted by atomic mass is 10.3. The summed E-state index contributed by atoms with van der Waals surface area (Å²) in [6.45, 7) is 0.580. The van der Waals surface area contributed by atoms with Crippen molar-refractivity contribution in [1.29, 1.82) is 0 Å². The van der Waals surface area contributed by atoms with Gasteiger partial charge in [0.05, 0.1) is 30.1 Å². The van der Waals surface area contributed by atoms with Gasteiger partial charge in [-0.3, -0.25) is 0 Å². The van der Waals surface area contributed by atoms with Crippen molar-refractivity contribution in [3.63, 3.8) is 0 Å². The van der Waals surface area contributed by atoms with Crippen LogP contribution in [0.25, 0.3) is 10.2 Å². The fourth-order valence-corrected chi connectivity index (χ4v) is 2.49. The Morgan fingerprint density at radius 2 is 2.33 bits per heavy atom. The molecule has 0 bridgehead atoms. The number of aromatic nitrogens is 2. The highest BCUT2D eigenvalue weighted by Gasteiger charge is 2.05. The molecule has 1 N–H and O–H groups in total. The van der Waals surface area contributed by atoms with E-state index in [0.717, 1.165) is 26.9 Å². The number of methoxy groups -OCH3 is 1. The van der Waals surface area contributed by atoms with Crippen LogP contribution in [0, 0.1) is 0 Å². The number of rotatable bonds is 4. The van der Waals surface area contributed by atoms with Crippen LogP contribution >= 0.6 is 11.3 Å². The van der Waals surface area contributed by atoms with Gasteiger partial charge in [-0.05, 0) is 18.2 Å². The molecular formula is C12H11N3O2S. The first kappa shape index (κ1) is 11.0. The Labute approximate surface area is 107 Å². The Bertz CT molecular complexity index is 648. The summed E-state index contributed by atoms with van der Waals surface area (Å²) in [6.07, 6.45) is 1.63. The van der Waals surface area contributed by atoms with Crippen LogP contribution in [0.5, 0.6) is 5.75 Å². The molecule has 2 aromatic heterocycles. The predicted octanol–water partition coefficient (Wildman–Crippen LogP) is 2.91. The fraction of sp³-hybridized carbons (Fsp3) is 0.167. The van der Waals surface area contributed by atoms with E-state index in [-0.39, 0.29) is 0 Å². The van der Waals surface area contributed by atoms with E-state index in [4.69, 9.17) is 9.26 Å². The van der Waals surface area contributed by atoms with Crippen LogP contribution in [-0.2, 0) is 6.54 Å². The molecule has 0 spiro atoms. The fourth-order valence-electron chi connectivity index (χ4n) is 1.60. The third kappa shape index (κ3) is 2.14. The molecule has 0 aliphatic carbocycles. The van der Waals surface area contributed by atoms with E-state index in [2.05, 4.69) is 15.5 Å². The lowest BCUT2D eigenvalue weighted by Gasteiger charge is -1.96. The van der Waals surface area contributed by atoms with Crippen molar-refractivity contribution in [2.75, 3.05) is 12.4 Å². The van der Waals surface area contributed by atoms with Crippen LogP contribution < -0.4 is 10.1 Å². The van der Waals surface area contributed by atoms with Gasteiger partial charge in [-0.25, -0.2) is 4.98 Å². The number of benzene rings is 1. The molecule has 0 saturated carbocycles. The molecule has 1 aromatic carbocycles. The van der Waals surface area contributed by atoms with Gasteiger partial charge in [-0.1, -0.05) is 16.5 Å². The van der Waals surface area contributed by atoms with Crippen molar-refractivity contribution in [2.45, 2.75) is 6.54 Å². The lowest BCUT2D eigenvalue weighted by Crippen LogP contribution is -1.96. The number of thiazole rings is 1. The summed E-state index contributed by atoms with van der Waals surface area (Å²) in [4.78, 5) is 4.48. The Balaban J connectivity index is 1.80. The van der Waals surface area contributed by atoms with E-state index in [1.165, 1.54) is 0 Å². The molecule has 6 heteroatoms. The second-order valence-corrected chi connectivity index (χ2v) is 4.72. The Hall–Kier alpha value is -2.08. The first-order valence-corrected chi connectivity index (χ1v) is 6.25. The monoisotopic (exact) mass is 261 g/mol. The minimum atomic E-state index is 0.580.